The highest BCUT2D eigenvalue weighted by atomic mass is 35.5. The third-order valence-electron chi connectivity index (χ3n) is 1.61. The lowest BCUT2D eigenvalue weighted by Gasteiger charge is -1.94. The Kier molecular flexibility index (Phi) is 2.58. The fourth-order valence-electron chi connectivity index (χ4n) is 1.01. The molecule has 0 saturated heterocycles. The Morgan fingerprint density at radius 1 is 1.36 bits per heavy atom. The largest absolute Gasteiger partial charge is 0.268 e. The number of aromatic amines is 1. The normalized spacial score (nSPS) is 10.4. The molecule has 3 nitrogen and oxygen atoms in total. The Hall–Kier alpha value is -0.840. The molecule has 6 heteroatoms. The van der Waals surface area contributed by atoms with Gasteiger partial charge < -0.3 is 0 Å². The summed E-state index contributed by atoms with van der Waals surface area (Å²) < 4.78 is 1.16. The van der Waals surface area contributed by atoms with Gasteiger partial charge in [-0.2, -0.15) is 5.10 Å². The molecule has 2 rings (SSSR count). The lowest BCUT2D eigenvalue weighted by Crippen LogP contribution is -2.05. The highest BCUT2D eigenvalue weighted by Gasteiger charge is 2.09. The Bertz CT molecular complexity index is 500. The Morgan fingerprint density at radius 3 is 2.64 bits per heavy atom. The van der Waals surface area contributed by atoms with Gasteiger partial charge in [0.25, 0.3) is 5.56 Å². The number of hydrogen-bond donors (Lipinski definition) is 1. The molecule has 0 aromatic carbocycles. The van der Waals surface area contributed by atoms with Crippen molar-refractivity contribution < 1.29 is 0 Å². The molecule has 2 aromatic heterocycles. The molecule has 2 heterocycles. The van der Waals surface area contributed by atoms with Gasteiger partial charge >= 0.3 is 0 Å². The lowest BCUT2D eigenvalue weighted by molar-refractivity contribution is 0.996. The quantitative estimate of drug-likeness (QED) is 0.842. The monoisotopic (exact) mass is 246 g/mol. The standard InChI is InChI=1S/C8H4Cl2N2OS/c9-6-3-4(8(10)14-6)5-1-2-7(13)12-11-5/h1-3H,(H,12,13). The second kappa shape index (κ2) is 3.73. The van der Waals surface area contributed by atoms with Gasteiger partial charge in [0.05, 0.1) is 10.0 Å². The molecule has 2 aromatic rings. The molecular formula is C8H4Cl2N2OS. The van der Waals surface area contributed by atoms with Crippen LogP contribution in [-0.2, 0) is 0 Å². The number of rotatable bonds is 1. The van der Waals surface area contributed by atoms with Crippen LogP contribution in [0.2, 0.25) is 8.67 Å². The Balaban J connectivity index is 2.54. The highest BCUT2D eigenvalue weighted by molar-refractivity contribution is 7.20. The summed E-state index contributed by atoms with van der Waals surface area (Å²) in [6, 6.07) is 4.71. The van der Waals surface area contributed by atoms with E-state index in [-0.39, 0.29) is 5.56 Å². The first-order valence-corrected chi connectivity index (χ1v) is 5.25. The number of nitrogens with zero attached hydrogens (tertiary/aromatic N) is 1. The van der Waals surface area contributed by atoms with E-state index in [1.54, 1.807) is 12.1 Å². The number of H-pyrrole nitrogens is 1. The van der Waals surface area contributed by atoms with Crippen LogP contribution in [0.1, 0.15) is 0 Å². The maximum atomic E-state index is 10.8. The van der Waals surface area contributed by atoms with Gasteiger partial charge in [0.2, 0.25) is 0 Å². The van der Waals surface area contributed by atoms with Crippen molar-refractivity contribution in [3.8, 4) is 11.3 Å². The number of nitrogens with one attached hydrogen (secondary N) is 1. The predicted molar refractivity (Wildman–Crippen MR) is 58.2 cm³/mol. The minimum atomic E-state index is -0.244. The Labute approximate surface area is 93.3 Å². The van der Waals surface area contributed by atoms with Crippen molar-refractivity contribution in [2.24, 2.45) is 0 Å². The van der Waals surface area contributed by atoms with Crippen LogP contribution in [0.25, 0.3) is 11.3 Å². The first-order valence-electron chi connectivity index (χ1n) is 3.68. The van der Waals surface area contributed by atoms with Crippen LogP contribution in [0.5, 0.6) is 0 Å². The average molecular weight is 247 g/mol. The molecule has 0 aliphatic rings. The summed E-state index contributed by atoms with van der Waals surface area (Å²) in [5.41, 5.74) is 1.10. The summed E-state index contributed by atoms with van der Waals surface area (Å²) in [4.78, 5) is 10.8. The fraction of sp³-hybridized carbons (Fsp3) is 0. The van der Waals surface area contributed by atoms with Crippen LogP contribution in [0.3, 0.4) is 0 Å². The van der Waals surface area contributed by atoms with E-state index < -0.39 is 0 Å². The van der Waals surface area contributed by atoms with E-state index in [9.17, 15) is 4.79 Å². The van der Waals surface area contributed by atoms with Crippen LogP contribution in [0, 0.1) is 0 Å². The third-order valence-corrected chi connectivity index (χ3v) is 3.10. The van der Waals surface area contributed by atoms with Crippen molar-refractivity contribution in [2.75, 3.05) is 0 Å². The molecule has 0 unspecified atom stereocenters. The van der Waals surface area contributed by atoms with Gasteiger partial charge in [-0.25, -0.2) is 5.10 Å². The molecule has 0 saturated carbocycles. The van der Waals surface area contributed by atoms with Gasteiger partial charge in [0, 0.05) is 11.6 Å². The average Bonchev–Trinajstić information content (AvgIpc) is 2.47. The van der Waals surface area contributed by atoms with E-state index in [2.05, 4.69) is 10.2 Å². The van der Waals surface area contributed by atoms with E-state index in [4.69, 9.17) is 23.2 Å². The molecule has 0 fully saturated rings. The zero-order valence-corrected chi connectivity index (χ0v) is 9.08. The second-order valence-corrected chi connectivity index (χ2v) is 4.83. The lowest BCUT2D eigenvalue weighted by atomic mass is 10.2. The first-order chi connectivity index (χ1) is 6.66. The molecular weight excluding hydrogens is 243 g/mol. The zero-order valence-electron chi connectivity index (χ0n) is 6.75. The van der Waals surface area contributed by atoms with Crippen LogP contribution in [0.15, 0.2) is 23.0 Å². The zero-order chi connectivity index (χ0) is 10.1. The highest BCUT2D eigenvalue weighted by Crippen LogP contribution is 2.36. The smallest absolute Gasteiger partial charge is 0.264 e. The summed E-state index contributed by atoms with van der Waals surface area (Å²) in [6.45, 7) is 0. The summed E-state index contributed by atoms with van der Waals surface area (Å²) >= 11 is 13.0. The maximum absolute atomic E-state index is 10.8. The van der Waals surface area contributed by atoms with Gasteiger partial charge in [0.15, 0.2) is 0 Å². The van der Waals surface area contributed by atoms with E-state index in [0.717, 1.165) is 5.56 Å². The van der Waals surface area contributed by atoms with Crippen LogP contribution < -0.4 is 5.56 Å². The van der Waals surface area contributed by atoms with E-state index in [1.165, 1.54) is 17.4 Å². The van der Waals surface area contributed by atoms with Crippen molar-refractivity contribution in [3.63, 3.8) is 0 Å². The van der Waals surface area contributed by atoms with Crippen LogP contribution in [0.4, 0.5) is 0 Å². The minimum Gasteiger partial charge on any atom is -0.268 e. The van der Waals surface area contributed by atoms with E-state index in [1.807, 2.05) is 0 Å². The van der Waals surface area contributed by atoms with Crippen molar-refractivity contribution in [3.05, 3.63) is 37.2 Å². The van der Waals surface area contributed by atoms with Crippen LogP contribution >= 0.6 is 34.5 Å². The topological polar surface area (TPSA) is 45.8 Å². The predicted octanol–water partition coefficient (Wildman–Crippen LogP) is 2.81. The molecule has 0 aliphatic heterocycles. The van der Waals surface area contributed by atoms with Crippen molar-refractivity contribution in [1.82, 2.24) is 10.2 Å². The molecule has 0 spiro atoms. The molecule has 72 valence electrons. The summed E-state index contributed by atoms with van der Waals surface area (Å²) in [6.07, 6.45) is 0. The molecule has 0 radical (unpaired) electrons. The van der Waals surface area contributed by atoms with E-state index in [0.29, 0.717) is 14.4 Å². The van der Waals surface area contributed by atoms with Crippen molar-refractivity contribution in [1.29, 1.82) is 0 Å². The summed E-state index contributed by atoms with van der Waals surface area (Å²) in [5, 5.41) is 6.18. The summed E-state index contributed by atoms with van der Waals surface area (Å²) in [7, 11) is 0. The van der Waals surface area contributed by atoms with Gasteiger partial charge in [-0.3, -0.25) is 4.79 Å². The summed E-state index contributed by atoms with van der Waals surface area (Å²) in [5.74, 6) is 0. The molecule has 0 bridgehead atoms. The van der Waals surface area contributed by atoms with Crippen molar-refractivity contribution >= 4 is 34.5 Å². The fourth-order valence-corrected chi connectivity index (χ4v) is 2.49. The van der Waals surface area contributed by atoms with Gasteiger partial charge in [-0.15, -0.1) is 11.3 Å². The second-order valence-electron chi connectivity index (χ2n) is 2.54. The van der Waals surface area contributed by atoms with Crippen molar-refractivity contribution in [2.45, 2.75) is 0 Å². The molecule has 14 heavy (non-hydrogen) atoms. The van der Waals surface area contributed by atoms with Gasteiger partial charge in [0.1, 0.15) is 4.34 Å². The Morgan fingerprint density at radius 2 is 2.14 bits per heavy atom. The molecule has 1 N–H and O–H groups in total. The van der Waals surface area contributed by atoms with E-state index >= 15 is 0 Å². The molecule has 0 atom stereocenters. The number of thiophene rings is 1. The maximum Gasteiger partial charge on any atom is 0.264 e. The molecule has 0 aliphatic carbocycles. The SMILES string of the molecule is O=c1ccc(-c2cc(Cl)sc2Cl)n[nH]1. The number of hydrogen-bond acceptors (Lipinski definition) is 3. The van der Waals surface area contributed by atoms with Crippen LogP contribution in [-0.4, -0.2) is 10.2 Å². The van der Waals surface area contributed by atoms with Gasteiger partial charge in [-0.05, 0) is 12.1 Å². The number of aromatic nitrogens is 2. The first kappa shape index (κ1) is 9.71. The number of halogens is 2. The third kappa shape index (κ3) is 1.82. The van der Waals surface area contributed by atoms with Gasteiger partial charge in [-0.1, -0.05) is 23.2 Å². The molecule has 0 amide bonds. The minimum absolute atomic E-state index is 0.244.